The Labute approximate surface area is 146 Å². The molecule has 3 aromatic rings. The van der Waals surface area contributed by atoms with Crippen LogP contribution < -0.4 is 22.5 Å². The molecule has 1 aromatic heterocycles. The van der Waals surface area contributed by atoms with Crippen molar-refractivity contribution in [2.24, 2.45) is 0 Å². The lowest BCUT2D eigenvalue weighted by Gasteiger charge is -2.09. The van der Waals surface area contributed by atoms with Gasteiger partial charge in [-0.3, -0.25) is 0 Å². The van der Waals surface area contributed by atoms with E-state index in [1.54, 1.807) is 18.4 Å². The fourth-order valence-corrected chi connectivity index (χ4v) is 2.24. The molecule has 3 nitrogen and oxygen atoms in total. The third-order valence-electron chi connectivity index (χ3n) is 3.43. The Hall–Kier alpha value is -2.30. The van der Waals surface area contributed by atoms with Gasteiger partial charge >= 0.3 is 0 Å². The van der Waals surface area contributed by atoms with Crippen LogP contribution in [0.3, 0.4) is 0 Å². The van der Waals surface area contributed by atoms with Gasteiger partial charge in [0, 0.05) is 6.54 Å². The summed E-state index contributed by atoms with van der Waals surface area (Å²) in [6, 6.07) is 18.1. The standard InChI is InChI=1S/C19H18FNO2.ClH/c20-17-8-6-15(7-9-17)14-23-18-4-1-3-16(11-18)12-21-13-19-5-2-10-22-19;/h1-11,21H,12-14H2;1H/p-1. The van der Waals surface area contributed by atoms with Crippen molar-refractivity contribution in [3.63, 3.8) is 0 Å². The van der Waals surface area contributed by atoms with Crippen LogP contribution in [0.4, 0.5) is 4.39 Å². The molecule has 5 heteroatoms. The van der Waals surface area contributed by atoms with E-state index in [0.29, 0.717) is 13.2 Å². The van der Waals surface area contributed by atoms with Crippen molar-refractivity contribution in [1.29, 1.82) is 0 Å². The summed E-state index contributed by atoms with van der Waals surface area (Å²) in [4.78, 5) is 0. The van der Waals surface area contributed by atoms with E-state index in [-0.39, 0.29) is 18.2 Å². The van der Waals surface area contributed by atoms with E-state index >= 15 is 0 Å². The zero-order chi connectivity index (χ0) is 15.9. The number of halogens is 2. The van der Waals surface area contributed by atoms with Gasteiger partial charge in [0.1, 0.15) is 23.9 Å². The van der Waals surface area contributed by atoms with Gasteiger partial charge in [-0.2, -0.15) is 0 Å². The minimum atomic E-state index is -0.238. The van der Waals surface area contributed by atoms with Gasteiger partial charge in [-0.15, -0.1) is 0 Å². The van der Waals surface area contributed by atoms with E-state index < -0.39 is 0 Å². The monoisotopic (exact) mass is 346 g/mol. The van der Waals surface area contributed by atoms with Gasteiger partial charge in [0.2, 0.25) is 0 Å². The molecule has 0 fully saturated rings. The molecule has 1 heterocycles. The van der Waals surface area contributed by atoms with Crippen LogP contribution in [0.1, 0.15) is 16.9 Å². The average molecular weight is 347 g/mol. The molecular weight excluding hydrogens is 329 g/mol. The number of nitrogens with one attached hydrogen (secondary N) is 1. The van der Waals surface area contributed by atoms with Crippen LogP contribution in [0.5, 0.6) is 5.75 Å². The van der Waals surface area contributed by atoms with Crippen molar-refractivity contribution in [3.8, 4) is 5.75 Å². The van der Waals surface area contributed by atoms with Crippen molar-refractivity contribution in [2.75, 3.05) is 0 Å². The van der Waals surface area contributed by atoms with Crippen molar-refractivity contribution in [3.05, 3.63) is 89.6 Å². The van der Waals surface area contributed by atoms with Gasteiger partial charge in [-0.05, 0) is 47.5 Å². The summed E-state index contributed by atoms with van der Waals surface area (Å²) in [7, 11) is 0. The van der Waals surface area contributed by atoms with Crippen molar-refractivity contribution >= 4 is 0 Å². The number of hydrogen-bond acceptors (Lipinski definition) is 3. The Morgan fingerprint density at radius 1 is 0.917 bits per heavy atom. The molecule has 0 saturated carbocycles. The van der Waals surface area contributed by atoms with Gasteiger partial charge in [0.05, 0.1) is 12.8 Å². The smallest absolute Gasteiger partial charge is 0.123 e. The lowest BCUT2D eigenvalue weighted by Crippen LogP contribution is -3.00. The largest absolute Gasteiger partial charge is 1.00 e. The average Bonchev–Trinajstić information content (AvgIpc) is 3.08. The molecule has 0 amide bonds. The summed E-state index contributed by atoms with van der Waals surface area (Å²) in [5, 5.41) is 3.32. The summed E-state index contributed by atoms with van der Waals surface area (Å²) in [5.74, 6) is 1.47. The molecule has 0 aliphatic rings. The van der Waals surface area contributed by atoms with Crippen LogP contribution >= 0.6 is 0 Å². The molecule has 1 N–H and O–H groups in total. The second-order valence-corrected chi connectivity index (χ2v) is 5.25. The molecule has 0 saturated heterocycles. The summed E-state index contributed by atoms with van der Waals surface area (Å²) >= 11 is 0. The first kappa shape index (κ1) is 18.0. The molecule has 3 rings (SSSR count). The summed E-state index contributed by atoms with van der Waals surface area (Å²) < 4.78 is 23.9. The summed E-state index contributed by atoms with van der Waals surface area (Å²) in [5.41, 5.74) is 2.07. The van der Waals surface area contributed by atoms with Gasteiger partial charge in [0.25, 0.3) is 0 Å². The van der Waals surface area contributed by atoms with Gasteiger partial charge in [0.15, 0.2) is 0 Å². The number of furan rings is 1. The number of ether oxygens (including phenoxy) is 1. The lowest BCUT2D eigenvalue weighted by atomic mass is 10.2. The molecule has 0 bridgehead atoms. The van der Waals surface area contributed by atoms with Gasteiger partial charge in [-0.1, -0.05) is 24.3 Å². The highest BCUT2D eigenvalue weighted by Gasteiger charge is 2.00. The second kappa shape index (κ2) is 9.11. The molecule has 0 aliphatic heterocycles. The SMILES string of the molecule is Fc1ccc(COc2cccc(CNCc3ccco3)c2)cc1.[Cl-]. The first-order valence-electron chi connectivity index (χ1n) is 7.49. The van der Waals surface area contributed by atoms with E-state index in [0.717, 1.165) is 29.2 Å². The highest BCUT2D eigenvalue weighted by Crippen LogP contribution is 2.15. The van der Waals surface area contributed by atoms with Crippen molar-refractivity contribution < 1.29 is 26.0 Å². The predicted octanol–water partition coefficient (Wildman–Crippen LogP) is 1.29. The van der Waals surface area contributed by atoms with E-state index in [9.17, 15) is 4.39 Å². The quantitative estimate of drug-likeness (QED) is 0.700. The molecule has 126 valence electrons. The fourth-order valence-electron chi connectivity index (χ4n) is 2.24. The maximum Gasteiger partial charge on any atom is 0.123 e. The van der Waals surface area contributed by atoms with E-state index in [2.05, 4.69) is 5.32 Å². The third-order valence-corrected chi connectivity index (χ3v) is 3.43. The number of rotatable bonds is 7. The predicted molar refractivity (Wildman–Crippen MR) is 86.4 cm³/mol. The van der Waals surface area contributed by atoms with Crippen LogP contribution in [0.15, 0.2) is 71.3 Å². The molecule has 0 spiro atoms. The minimum absolute atomic E-state index is 0. The number of hydrogen-bond donors (Lipinski definition) is 1. The van der Waals surface area contributed by atoms with Crippen LogP contribution in [-0.4, -0.2) is 0 Å². The van der Waals surface area contributed by atoms with Crippen molar-refractivity contribution in [2.45, 2.75) is 19.7 Å². The summed E-state index contributed by atoms with van der Waals surface area (Å²) in [6.45, 7) is 1.84. The summed E-state index contributed by atoms with van der Waals surface area (Å²) in [6.07, 6.45) is 1.67. The Bertz CT molecular complexity index is 729. The Morgan fingerprint density at radius 3 is 2.50 bits per heavy atom. The van der Waals surface area contributed by atoms with Gasteiger partial charge in [-0.25, -0.2) is 4.39 Å². The maximum atomic E-state index is 12.9. The van der Waals surface area contributed by atoms with E-state index in [1.807, 2.05) is 36.4 Å². The second-order valence-electron chi connectivity index (χ2n) is 5.25. The third kappa shape index (κ3) is 5.41. The van der Waals surface area contributed by atoms with Crippen LogP contribution in [0.2, 0.25) is 0 Å². The topological polar surface area (TPSA) is 34.4 Å². The minimum Gasteiger partial charge on any atom is -1.00 e. The molecule has 0 unspecified atom stereocenters. The lowest BCUT2D eigenvalue weighted by molar-refractivity contribution is -0.00000617. The molecule has 0 aliphatic carbocycles. The highest BCUT2D eigenvalue weighted by molar-refractivity contribution is 5.29. The first-order chi connectivity index (χ1) is 11.3. The molecule has 2 aromatic carbocycles. The molecule has 0 atom stereocenters. The van der Waals surface area contributed by atoms with Crippen LogP contribution in [0.25, 0.3) is 0 Å². The first-order valence-corrected chi connectivity index (χ1v) is 7.49. The maximum absolute atomic E-state index is 12.9. The van der Waals surface area contributed by atoms with Crippen LogP contribution in [-0.2, 0) is 19.7 Å². The Morgan fingerprint density at radius 2 is 1.75 bits per heavy atom. The van der Waals surface area contributed by atoms with E-state index in [4.69, 9.17) is 9.15 Å². The fraction of sp³-hybridized carbons (Fsp3) is 0.158. The number of benzene rings is 2. The molecule has 0 radical (unpaired) electrons. The molecular formula is C19H18ClFNO2-. The normalized spacial score (nSPS) is 10.2. The zero-order valence-corrected chi connectivity index (χ0v) is 13.8. The highest BCUT2D eigenvalue weighted by atomic mass is 35.5. The molecule has 24 heavy (non-hydrogen) atoms. The van der Waals surface area contributed by atoms with Crippen LogP contribution in [0, 0.1) is 5.82 Å². The Kier molecular flexibility index (Phi) is 6.85. The van der Waals surface area contributed by atoms with Gasteiger partial charge < -0.3 is 26.9 Å². The van der Waals surface area contributed by atoms with Crippen molar-refractivity contribution in [1.82, 2.24) is 5.32 Å². The van der Waals surface area contributed by atoms with E-state index in [1.165, 1.54) is 12.1 Å². The zero-order valence-electron chi connectivity index (χ0n) is 13.0. The Balaban J connectivity index is 0.00000208.